The molecule has 0 atom stereocenters. The fraction of sp³-hybridized carbons (Fsp3) is 0.300. The molecule has 2 amide bonds. The number of benzene rings is 2. The summed E-state index contributed by atoms with van der Waals surface area (Å²) in [5.41, 5.74) is 3.65. The van der Waals surface area contributed by atoms with Gasteiger partial charge in [0.2, 0.25) is 11.8 Å². The van der Waals surface area contributed by atoms with Gasteiger partial charge in [-0.15, -0.1) is 0 Å². The Kier molecular flexibility index (Phi) is 6.59. The van der Waals surface area contributed by atoms with E-state index in [4.69, 9.17) is 11.6 Å². The second kappa shape index (κ2) is 8.67. The van der Waals surface area contributed by atoms with Crippen molar-refractivity contribution in [1.29, 1.82) is 0 Å². The zero-order valence-electron chi connectivity index (χ0n) is 14.7. The summed E-state index contributed by atoms with van der Waals surface area (Å²) in [6.07, 6.45) is -0.226. The predicted molar refractivity (Wildman–Crippen MR) is 102 cm³/mol. The molecule has 0 aliphatic rings. The Morgan fingerprint density at radius 2 is 1.76 bits per heavy atom. The predicted octanol–water partition coefficient (Wildman–Crippen LogP) is 4.42. The molecular weight excluding hydrogens is 336 g/mol. The van der Waals surface area contributed by atoms with Crippen LogP contribution in [-0.2, 0) is 16.1 Å². The number of nitrogens with one attached hydrogen (secondary N) is 2. The average molecular weight is 359 g/mol. The molecule has 0 saturated carbocycles. The van der Waals surface area contributed by atoms with Crippen LogP contribution in [0.2, 0.25) is 5.02 Å². The van der Waals surface area contributed by atoms with Crippen LogP contribution in [0, 0.1) is 6.92 Å². The largest absolute Gasteiger partial charge is 0.352 e. The van der Waals surface area contributed by atoms with E-state index in [9.17, 15) is 9.59 Å². The van der Waals surface area contributed by atoms with E-state index in [0.29, 0.717) is 11.6 Å². The number of aryl methyl sites for hydroxylation is 1. The average Bonchev–Trinajstić information content (AvgIpc) is 2.55. The van der Waals surface area contributed by atoms with Gasteiger partial charge in [0.1, 0.15) is 6.42 Å². The lowest BCUT2D eigenvalue weighted by Gasteiger charge is -2.16. The summed E-state index contributed by atoms with van der Waals surface area (Å²) >= 11 is 6.05. The lowest BCUT2D eigenvalue weighted by atomic mass is 9.98. The van der Waals surface area contributed by atoms with Crippen molar-refractivity contribution in [2.75, 3.05) is 5.32 Å². The van der Waals surface area contributed by atoms with Crippen molar-refractivity contribution in [2.45, 2.75) is 39.7 Å². The van der Waals surface area contributed by atoms with Gasteiger partial charge in [-0.05, 0) is 35.6 Å². The Labute approximate surface area is 153 Å². The van der Waals surface area contributed by atoms with Crippen molar-refractivity contribution in [3.63, 3.8) is 0 Å². The number of para-hydroxylation sites is 1. The molecule has 2 rings (SSSR count). The van der Waals surface area contributed by atoms with Gasteiger partial charge in [0, 0.05) is 17.3 Å². The fourth-order valence-electron chi connectivity index (χ4n) is 2.57. The topological polar surface area (TPSA) is 58.2 Å². The fourth-order valence-corrected chi connectivity index (χ4v) is 2.77. The molecule has 0 unspecified atom stereocenters. The van der Waals surface area contributed by atoms with Crippen molar-refractivity contribution >= 4 is 29.1 Å². The highest BCUT2D eigenvalue weighted by Gasteiger charge is 2.14. The van der Waals surface area contributed by atoms with Crippen molar-refractivity contribution in [3.8, 4) is 0 Å². The summed E-state index contributed by atoms with van der Waals surface area (Å²) in [6.45, 7) is 6.38. The number of rotatable bonds is 6. The maximum atomic E-state index is 12.2. The number of hydrogen-bond donors (Lipinski definition) is 2. The van der Waals surface area contributed by atoms with Crippen LogP contribution in [0.5, 0.6) is 0 Å². The van der Waals surface area contributed by atoms with E-state index in [-0.39, 0.29) is 24.2 Å². The molecule has 0 radical (unpaired) electrons. The lowest BCUT2D eigenvalue weighted by molar-refractivity contribution is -0.126. The Morgan fingerprint density at radius 1 is 1.04 bits per heavy atom. The Morgan fingerprint density at radius 3 is 2.44 bits per heavy atom. The molecule has 0 fully saturated rings. The second-order valence-electron chi connectivity index (χ2n) is 6.29. The molecule has 0 aliphatic heterocycles. The van der Waals surface area contributed by atoms with E-state index >= 15 is 0 Å². The molecule has 25 heavy (non-hydrogen) atoms. The highest BCUT2D eigenvalue weighted by atomic mass is 35.5. The minimum absolute atomic E-state index is 0.226. The maximum Gasteiger partial charge on any atom is 0.233 e. The van der Waals surface area contributed by atoms with Crippen LogP contribution in [0.3, 0.4) is 0 Å². The summed E-state index contributed by atoms with van der Waals surface area (Å²) in [4.78, 5) is 24.2. The molecule has 132 valence electrons. The molecule has 0 aliphatic carbocycles. The molecule has 4 nitrogen and oxygen atoms in total. The van der Waals surface area contributed by atoms with Crippen LogP contribution >= 0.6 is 11.6 Å². The van der Waals surface area contributed by atoms with E-state index in [1.807, 2.05) is 43.3 Å². The van der Waals surface area contributed by atoms with E-state index < -0.39 is 0 Å². The first-order valence-corrected chi connectivity index (χ1v) is 8.65. The monoisotopic (exact) mass is 358 g/mol. The Hall–Kier alpha value is -2.33. The normalized spacial score (nSPS) is 10.6. The molecule has 2 aromatic carbocycles. The van der Waals surface area contributed by atoms with Gasteiger partial charge in [-0.3, -0.25) is 9.59 Å². The van der Waals surface area contributed by atoms with Gasteiger partial charge in [-0.1, -0.05) is 61.8 Å². The van der Waals surface area contributed by atoms with E-state index in [1.54, 1.807) is 6.07 Å². The molecule has 2 N–H and O–H groups in total. The van der Waals surface area contributed by atoms with Gasteiger partial charge in [0.05, 0.1) is 0 Å². The number of hydrogen-bond acceptors (Lipinski definition) is 2. The van der Waals surface area contributed by atoms with Crippen LogP contribution in [-0.4, -0.2) is 11.8 Å². The molecule has 2 aromatic rings. The van der Waals surface area contributed by atoms with Gasteiger partial charge < -0.3 is 10.6 Å². The van der Waals surface area contributed by atoms with Gasteiger partial charge in [-0.25, -0.2) is 0 Å². The zero-order chi connectivity index (χ0) is 18.4. The van der Waals surface area contributed by atoms with Crippen LogP contribution < -0.4 is 10.6 Å². The molecule has 0 heterocycles. The SMILES string of the molecule is Cc1cccc(C(C)C)c1NC(=O)CC(=O)NCc1ccccc1Cl. The van der Waals surface area contributed by atoms with Crippen molar-refractivity contribution in [1.82, 2.24) is 5.32 Å². The first-order valence-electron chi connectivity index (χ1n) is 8.28. The van der Waals surface area contributed by atoms with Crippen LogP contribution in [0.25, 0.3) is 0 Å². The van der Waals surface area contributed by atoms with Crippen LogP contribution in [0.15, 0.2) is 42.5 Å². The smallest absolute Gasteiger partial charge is 0.233 e. The minimum Gasteiger partial charge on any atom is -0.352 e. The van der Waals surface area contributed by atoms with E-state index in [1.165, 1.54) is 0 Å². The van der Waals surface area contributed by atoms with Crippen LogP contribution in [0.1, 0.15) is 42.9 Å². The number of amides is 2. The van der Waals surface area contributed by atoms with Gasteiger partial charge in [0.15, 0.2) is 0 Å². The Bertz CT molecular complexity index is 772. The summed E-state index contributed by atoms with van der Waals surface area (Å²) in [6, 6.07) is 13.2. The van der Waals surface area contributed by atoms with Crippen molar-refractivity contribution in [3.05, 3.63) is 64.2 Å². The quantitative estimate of drug-likeness (QED) is 0.751. The first kappa shape index (κ1) is 19.0. The van der Waals surface area contributed by atoms with Gasteiger partial charge in [-0.2, -0.15) is 0 Å². The second-order valence-corrected chi connectivity index (χ2v) is 6.69. The highest BCUT2D eigenvalue weighted by Crippen LogP contribution is 2.27. The van der Waals surface area contributed by atoms with Crippen LogP contribution in [0.4, 0.5) is 5.69 Å². The maximum absolute atomic E-state index is 12.2. The molecule has 0 aromatic heterocycles. The molecule has 0 saturated heterocycles. The minimum atomic E-state index is -0.336. The first-order chi connectivity index (χ1) is 11.9. The van der Waals surface area contributed by atoms with E-state index in [0.717, 1.165) is 22.4 Å². The lowest BCUT2D eigenvalue weighted by Crippen LogP contribution is -2.28. The molecular formula is C20H23ClN2O2. The van der Waals surface area contributed by atoms with Gasteiger partial charge in [0.25, 0.3) is 0 Å². The molecule has 5 heteroatoms. The number of anilines is 1. The zero-order valence-corrected chi connectivity index (χ0v) is 15.5. The summed E-state index contributed by atoms with van der Waals surface area (Å²) in [5.74, 6) is -0.380. The third-order valence-corrected chi connectivity index (χ3v) is 4.32. The van der Waals surface area contributed by atoms with E-state index in [2.05, 4.69) is 24.5 Å². The van der Waals surface area contributed by atoms with Gasteiger partial charge >= 0.3 is 0 Å². The number of carbonyl (C=O) groups excluding carboxylic acids is 2. The number of halogens is 1. The Balaban J connectivity index is 1.94. The standard InChI is InChI=1S/C20H23ClN2O2/c1-13(2)16-9-6-7-14(3)20(16)23-19(25)11-18(24)22-12-15-8-4-5-10-17(15)21/h4-10,13H,11-12H2,1-3H3,(H,22,24)(H,23,25). The molecule has 0 bridgehead atoms. The van der Waals surface area contributed by atoms with Crippen molar-refractivity contribution < 1.29 is 9.59 Å². The number of carbonyl (C=O) groups is 2. The highest BCUT2D eigenvalue weighted by molar-refractivity contribution is 6.31. The van der Waals surface area contributed by atoms with Crippen molar-refractivity contribution in [2.24, 2.45) is 0 Å². The summed E-state index contributed by atoms with van der Waals surface area (Å²) in [7, 11) is 0. The summed E-state index contributed by atoms with van der Waals surface area (Å²) in [5, 5.41) is 6.19. The summed E-state index contributed by atoms with van der Waals surface area (Å²) < 4.78 is 0. The third-order valence-electron chi connectivity index (χ3n) is 3.95. The third kappa shape index (κ3) is 5.33. The molecule has 0 spiro atoms.